The summed E-state index contributed by atoms with van der Waals surface area (Å²) in [5.74, 6) is -3.34. The molecule has 0 radical (unpaired) electrons. The second kappa shape index (κ2) is 7.63. The minimum Gasteiger partial charge on any atom is -0.507 e. The lowest BCUT2D eigenvalue weighted by Crippen LogP contribution is -2.15. The molecular formula is C21H14F2N4O3. The van der Waals surface area contributed by atoms with Gasteiger partial charge in [-0.3, -0.25) is 14.9 Å². The molecule has 0 aliphatic heterocycles. The zero-order chi connectivity index (χ0) is 21.3. The highest BCUT2D eigenvalue weighted by Gasteiger charge is 2.15. The average molecular weight is 408 g/mol. The van der Waals surface area contributed by atoms with Gasteiger partial charge in [-0.1, -0.05) is 12.1 Å². The van der Waals surface area contributed by atoms with Gasteiger partial charge in [0.05, 0.1) is 16.6 Å². The third-order valence-corrected chi connectivity index (χ3v) is 4.25. The summed E-state index contributed by atoms with van der Waals surface area (Å²) in [4.78, 5) is 31.8. The van der Waals surface area contributed by atoms with Gasteiger partial charge in [-0.05, 0) is 36.4 Å². The van der Waals surface area contributed by atoms with Gasteiger partial charge in [0, 0.05) is 23.4 Å². The summed E-state index contributed by atoms with van der Waals surface area (Å²) in [5, 5.41) is 15.1. The summed E-state index contributed by atoms with van der Waals surface area (Å²) in [5.41, 5.74) is 1.28. The number of aromatic amines is 1. The Morgan fingerprint density at radius 3 is 2.33 bits per heavy atom. The van der Waals surface area contributed by atoms with Gasteiger partial charge in [0.2, 0.25) is 5.95 Å². The van der Waals surface area contributed by atoms with E-state index >= 15 is 0 Å². The predicted octanol–water partition coefficient (Wildman–Crippen LogP) is 4.05. The Labute approximate surface area is 168 Å². The monoisotopic (exact) mass is 408 g/mol. The molecule has 30 heavy (non-hydrogen) atoms. The van der Waals surface area contributed by atoms with Crippen molar-refractivity contribution in [2.45, 2.75) is 0 Å². The summed E-state index contributed by atoms with van der Waals surface area (Å²) in [7, 11) is 0. The van der Waals surface area contributed by atoms with Gasteiger partial charge in [0.25, 0.3) is 11.8 Å². The summed E-state index contributed by atoms with van der Waals surface area (Å²) in [6, 6.07) is 13.5. The number of hydrogen-bond acceptors (Lipinski definition) is 4. The number of phenolic OH excluding ortho intramolecular Hbond substituents is 1. The molecule has 0 bridgehead atoms. The minimum atomic E-state index is -0.888. The normalized spacial score (nSPS) is 10.7. The van der Waals surface area contributed by atoms with Crippen molar-refractivity contribution in [2.75, 3.05) is 10.6 Å². The highest BCUT2D eigenvalue weighted by molar-refractivity contribution is 6.07. The van der Waals surface area contributed by atoms with Crippen LogP contribution in [0, 0.1) is 11.6 Å². The average Bonchev–Trinajstić information content (AvgIpc) is 3.09. The molecule has 1 heterocycles. The number of nitrogens with one attached hydrogen (secondary N) is 3. The zero-order valence-electron chi connectivity index (χ0n) is 15.2. The Morgan fingerprint density at radius 2 is 1.63 bits per heavy atom. The highest BCUT2D eigenvalue weighted by Crippen LogP contribution is 2.24. The number of amides is 2. The first-order valence-electron chi connectivity index (χ1n) is 8.75. The van der Waals surface area contributed by atoms with E-state index in [4.69, 9.17) is 0 Å². The second-order valence-electron chi connectivity index (χ2n) is 6.40. The van der Waals surface area contributed by atoms with Crippen molar-refractivity contribution in [2.24, 2.45) is 0 Å². The van der Waals surface area contributed by atoms with E-state index < -0.39 is 29.2 Å². The van der Waals surface area contributed by atoms with Crippen LogP contribution in [-0.4, -0.2) is 26.9 Å². The fourth-order valence-electron chi connectivity index (χ4n) is 2.88. The Morgan fingerprint density at radius 1 is 0.900 bits per heavy atom. The highest BCUT2D eigenvalue weighted by atomic mass is 19.1. The molecule has 3 aromatic carbocycles. The van der Waals surface area contributed by atoms with E-state index in [1.807, 2.05) is 12.1 Å². The molecular weight excluding hydrogens is 394 g/mol. The van der Waals surface area contributed by atoms with Gasteiger partial charge in [-0.15, -0.1) is 0 Å². The van der Waals surface area contributed by atoms with E-state index in [0.717, 1.165) is 23.7 Å². The molecule has 0 atom stereocenters. The molecule has 0 aliphatic carbocycles. The van der Waals surface area contributed by atoms with Crippen LogP contribution in [0.3, 0.4) is 0 Å². The quantitative estimate of drug-likeness (QED) is 0.409. The number of imidazole rings is 1. The third kappa shape index (κ3) is 3.95. The van der Waals surface area contributed by atoms with Crippen molar-refractivity contribution in [3.63, 3.8) is 0 Å². The topological polar surface area (TPSA) is 107 Å². The lowest BCUT2D eigenvalue weighted by Gasteiger charge is -2.09. The number of carbonyl (C=O) groups is 2. The van der Waals surface area contributed by atoms with Gasteiger partial charge >= 0.3 is 0 Å². The maximum absolute atomic E-state index is 13.3. The van der Waals surface area contributed by atoms with E-state index in [2.05, 4.69) is 20.6 Å². The zero-order valence-corrected chi connectivity index (χ0v) is 15.2. The van der Waals surface area contributed by atoms with Crippen molar-refractivity contribution in [1.29, 1.82) is 0 Å². The first-order valence-corrected chi connectivity index (χ1v) is 8.75. The first kappa shape index (κ1) is 19.1. The number of anilines is 2. The molecule has 0 saturated carbocycles. The van der Waals surface area contributed by atoms with Crippen molar-refractivity contribution >= 4 is 34.5 Å². The maximum Gasteiger partial charge on any atom is 0.261 e. The Hall–Kier alpha value is -4.27. The summed E-state index contributed by atoms with van der Waals surface area (Å²) >= 11 is 0. The fraction of sp³-hybridized carbons (Fsp3) is 0. The molecule has 2 amide bonds. The van der Waals surface area contributed by atoms with Gasteiger partial charge in [-0.25, -0.2) is 13.8 Å². The van der Waals surface area contributed by atoms with Gasteiger partial charge in [0.15, 0.2) is 0 Å². The largest absolute Gasteiger partial charge is 0.507 e. The van der Waals surface area contributed by atoms with Crippen LogP contribution in [-0.2, 0) is 0 Å². The van der Waals surface area contributed by atoms with E-state index in [0.29, 0.717) is 11.6 Å². The summed E-state index contributed by atoms with van der Waals surface area (Å²) in [6.07, 6.45) is 0. The van der Waals surface area contributed by atoms with Crippen LogP contribution in [0.1, 0.15) is 20.7 Å². The molecule has 4 aromatic rings. The van der Waals surface area contributed by atoms with Crippen LogP contribution >= 0.6 is 0 Å². The number of nitrogens with zero attached hydrogens (tertiary/aromatic N) is 1. The number of benzene rings is 3. The number of aromatic hydroxyl groups is 1. The number of rotatable bonds is 4. The van der Waals surface area contributed by atoms with Crippen LogP contribution in [0.2, 0.25) is 0 Å². The standard InChI is InChI=1S/C21H14F2N4O3/c22-12-7-11(8-13(23)9-12)19(29)24-14-5-6-15(18(28)10-14)20(30)27-21-25-16-3-1-2-4-17(16)26-21/h1-10,28H,(H,24,29)(H2,25,26,27,30). The fourth-order valence-corrected chi connectivity index (χ4v) is 2.88. The molecule has 7 nitrogen and oxygen atoms in total. The predicted molar refractivity (Wildman–Crippen MR) is 106 cm³/mol. The summed E-state index contributed by atoms with van der Waals surface area (Å²) < 4.78 is 26.5. The molecule has 0 saturated heterocycles. The maximum atomic E-state index is 13.3. The molecule has 0 unspecified atom stereocenters. The molecule has 9 heteroatoms. The van der Waals surface area contributed by atoms with E-state index in [-0.39, 0.29) is 22.8 Å². The number of para-hydroxylation sites is 2. The van der Waals surface area contributed by atoms with Crippen LogP contribution in [0.15, 0.2) is 60.7 Å². The number of carbonyl (C=O) groups excluding carboxylic acids is 2. The number of H-pyrrole nitrogens is 1. The van der Waals surface area contributed by atoms with E-state index in [9.17, 15) is 23.5 Å². The SMILES string of the molecule is O=C(Nc1ccc(C(=O)Nc2nc3ccccc3[nH]2)c(O)c1)c1cc(F)cc(F)c1. The molecule has 0 aliphatic rings. The summed E-state index contributed by atoms with van der Waals surface area (Å²) in [6.45, 7) is 0. The van der Waals surface area contributed by atoms with Crippen molar-refractivity contribution in [3.8, 4) is 5.75 Å². The van der Waals surface area contributed by atoms with Gasteiger partial charge < -0.3 is 15.4 Å². The number of halogens is 2. The lowest BCUT2D eigenvalue weighted by molar-refractivity contribution is 0.101. The van der Waals surface area contributed by atoms with Gasteiger partial charge in [-0.2, -0.15) is 0 Å². The second-order valence-corrected chi connectivity index (χ2v) is 6.40. The molecule has 4 rings (SSSR count). The molecule has 0 spiro atoms. The molecule has 1 aromatic heterocycles. The van der Waals surface area contributed by atoms with E-state index in [1.54, 1.807) is 12.1 Å². The number of aromatic nitrogens is 2. The Balaban J connectivity index is 1.49. The third-order valence-electron chi connectivity index (χ3n) is 4.25. The minimum absolute atomic E-state index is 0.0507. The lowest BCUT2D eigenvalue weighted by atomic mass is 10.1. The molecule has 150 valence electrons. The number of fused-ring (bicyclic) bond motifs is 1. The number of phenols is 1. The Kier molecular flexibility index (Phi) is 4.85. The van der Waals surface area contributed by atoms with Crippen molar-refractivity contribution in [1.82, 2.24) is 9.97 Å². The van der Waals surface area contributed by atoms with Crippen LogP contribution in [0.5, 0.6) is 5.75 Å². The van der Waals surface area contributed by atoms with E-state index in [1.165, 1.54) is 12.1 Å². The first-order chi connectivity index (χ1) is 14.4. The molecule has 0 fully saturated rings. The smallest absolute Gasteiger partial charge is 0.261 e. The Bertz CT molecular complexity index is 1230. The molecule has 4 N–H and O–H groups in total. The van der Waals surface area contributed by atoms with Crippen LogP contribution in [0.25, 0.3) is 11.0 Å². The van der Waals surface area contributed by atoms with Crippen molar-refractivity contribution in [3.05, 3.63) is 83.4 Å². The van der Waals surface area contributed by atoms with Crippen LogP contribution in [0.4, 0.5) is 20.4 Å². The van der Waals surface area contributed by atoms with Crippen LogP contribution < -0.4 is 10.6 Å². The number of hydrogen-bond donors (Lipinski definition) is 4. The van der Waals surface area contributed by atoms with Crippen molar-refractivity contribution < 1.29 is 23.5 Å². The van der Waals surface area contributed by atoms with Gasteiger partial charge in [0.1, 0.15) is 17.4 Å².